The van der Waals surface area contributed by atoms with Crippen LogP contribution in [-0.4, -0.2) is 48.8 Å². The number of amides is 2. The molecule has 1 fully saturated rings. The molecule has 1 N–H and O–H groups in total. The lowest BCUT2D eigenvalue weighted by Crippen LogP contribution is -2.52. The van der Waals surface area contributed by atoms with Gasteiger partial charge in [-0.25, -0.2) is 9.18 Å². The number of hydrogen-bond donors (Lipinski definition) is 1. The first-order valence-electron chi connectivity index (χ1n) is 6.15. The monoisotopic (exact) mass is 260 g/mol. The van der Waals surface area contributed by atoms with Gasteiger partial charge in [-0.3, -0.25) is 4.79 Å². The number of carbonyl (C=O) groups is 2. The summed E-state index contributed by atoms with van der Waals surface area (Å²) in [6, 6.07) is -0.807. The van der Waals surface area contributed by atoms with Gasteiger partial charge in [0.1, 0.15) is 12.2 Å². The molecule has 1 saturated heterocycles. The molecule has 1 rings (SSSR count). The van der Waals surface area contributed by atoms with Crippen LogP contribution >= 0.6 is 0 Å². The van der Waals surface area contributed by atoms with E-state index in [1.807, 2.05) is 20.8 Å². The molecule has 1 aliphatic heterocycles. The fourth-order valence-electron chi connectivity index (χ4n) is 2.15. The molecular weight excluding hydrogens is 239 g/mol. The minimum absolute atomic E-state index is 0.0811. The number of carbonyl (C=O) groups excluding carboxylic acids is 2. The van der Waals surface area contributed by atoms with Gasteiger partial charge in [-0.05, 0) is 12.8 Å². The first-order chi connectivity index (χ1) is 8.36. The summed E-state index contributed by atoms with van der Waals surface area (Å²) < 4.78 is 17.8. The van der Waals surface area contributed by atoms with Gasteiger partial charge < -0.3 is 15.0 Å². The van der Waals surface area contributed by atoms with Crippen LogP contribution in [0.25, 0.3) is 0 Å². The van der Waals surface area contributed by atoms with Crippen molar-refractivity contribution in [2.75, 3.05) is 13.7 Å². The topological polar surface area (TPSA) is 58.6 Å². The highest BCUT2D eigenvalue weighted by molar-refractivity contribution is 5.86. The van der Waals surface area contributed by atoms with Gasteiger partial charge in [0.2, 0.25) is 5.91 Å². The Morgan fingerprint density at radius 1 is 1.44 bits per heavy atom. The second-order valence-electron chi connectivity index (χ2n) is 5.03. The lowest BCUT2D eigenvalue weighted by molar-refractivity contribution is -0.135. The Balaban J connectivity index is 2.74. The summed E-state index contributed by atoms with van der Waals surface area (Å²) in [5.74, 6) is -0.328. The second-order valence-corrected chi connectivity index (χ2v) is 5.03. The summed E-state index contributed by atoms with van der Waals surface area (Å²) in [4.78, 5) is 25.0. The third-order valence-electron chi connectivity index (χ3n) is 3.20. The van der Waals surface area contributed by atoms with Gasteiger partial charge in [0, 0.05) is 12.5 Å². The smallest absolute Gasteiger partial charge is 0.407 e. The molecule has 0 radical (unpaired) electrons. The quantitative estimate of drug-likeness (QED) is 0.832. The van der Waals surface area contributed by atoms with Crippen LogP contribution < -0.4 is 5.32 Å². The third kappa shape index (κ3) is 3.34. The highest BCUT2D eigenvalue weighted by atomic mass is 19.1. The van der Waals surface area contributed by atoms with Crippen LogP contribution in [0.3, 0.4) is 0 Å². The average molecular weight is 260 g/mol. The van der Waals surface area contributed by atoms with Crippen molar-refractivity contribution < 1.29 is 18.7 Å². The summed E-state index contributed by atoms with van der Waals surface area (Å²) in [5, 5.41) is 2.50. The van der Waals surface area contributed by atoms with Crippen LogP contribution in [0.4, 0.5) is 9.18 Å². The van der Waals surface area contributed by atoms with E-state index in [1.54, 1.807) is 0 Å². The van der Waals surface area contributed by atoms with Crippen molar-refractivity contribution in [3.63, 3.8) is 0 Å². The number of likely N-dealkylation sites (tertiary alicyclic amines) is 1. The first kappa shape index (κ1) is 14.7. The molecule has 3 atom stereocenters. The average Bonchev–Trinajstić information content (AvgIpc) is 2.63. The van der Waals surface area contributed by atoms with Gasteiger partial charge >= 0.3 is 6.09 Å². The van der Waals surface area contributed by atoms with E-state index in [2.05, 4.69) is 10.1 Å². The van der Waals surface area contributed by atoms with E-state index < -0.39 is 18.3 Å². The lowest BCUT2D eigenvalue weighted by atomic mass is 10.0. The van der Waals surface area contributed by atoms with Crippen molar-refractivity contribution in [1.29, 1.82) is 0 Å². The first-order valence-corrected chi connectivity index (χ1v) is 6.15. The zero-order valence-corrected chi connectivity index (χ0v) is 11.3. The maximum Gasteiger partial charge on any atom is 0.407 e. The van der Waals surface area contributed by atoms with Crippen molar-refractivity contribution >= 4 is 12.0 Å². The molecule has 1 aliphatic rings. The van der Waals surface area contributed by atoms with E-state index in [4.69, 9.17) is 0 Å². The second kappa shape index (κ2) is 6.02. The molecule has 0 aromatic carbocycles. The molecule has 0 aromatic heterocycles. The van der Waals surface area contributed by atoms with Gasteiger partial charge in [-0.2, -0.15) is 0 Å². The Bertz CT molecular complexity index is 322. The Hall–Kier alpha value is -1.33. The zero-order chi connectivity index (χ0) is 13.9. The van der Waals surface area contributed by atoms with Crippen LogP contribution in [0.5, 0.6) is 0 Å². The van der Waals surface area contributed by atoms with Crippen molar-refractivity contribution in [2.45, 2.75) is 45.4 Å². The van der Waals surface area contributed by atoms with Gasteiger partial charge in [0.25, 0.3) is 0 Å². The van der Waals surface area contributed by atoms with Crippen molar-refractivity contribution in [1.82, 2.24) is 10.2 Å². The Labute approximate surface area is 107 Å². The predicted octanol–water partition coefficient (Wildman–Crippen LogP) is 1.33. The number of nitrogens with zero attached hydrogens (tertiary/aromatic N) is 1. The van der Waals surface area contributed by atoms with E-state index in [-0.39, 0.29) is 24.4 Å². The number of alkyl carbamates (subject to hydrolysis) is 1. The SMILES string of the molecule is COC(=O)N[C@H](C(=O)N1C[C@H](F)CC1C)C(C)C. The number of rotatable bonds is 3. The van der Waals surface area contributed by atoms with E-state index in [0.29, 0.717) is 6.42 Å². The summed E-state index contributed by atoms with van der Waals surface area (Å²) in [6.45, 7) is 5.57. The predicted molar refractivity (Wildman–Crippen MR) is 64.9 cm³/mol. The van der Waals surface area contributed by atoms with E-state index >= 15 is 0 Å². The Morgan fingerprint density at radius 3 is 2.44 bits per heavy atom. The molecule has 2 amide bonds. The molecule has 0 bridgehead atoms. The summed E-state index contributed by atoms with van der Waals surface area (Å²) in [5.41, 5.74) is 0. The van der Waals surface area contributed by atoms with Crippen LogP contribution in [0, 0.1) is 5.92 Å². The van der Waals surface area contributed by atoms with E-state index in [9.17, 15) is 14.0 Å². The maximum absolute atomic E-state index is 13.3. The van der Waals surface area contributed by atoms with Crippen LogP contribution in [0.1, 0.15) is 27.2 Å². The molecule has 0 aliphatic carbocycles. The fraction of sp³-hybridized carbons (Fsp3) is 0.833. The molecule has 6 heteroatoms. The third-order valence-corrected chi connectivity index (χ3v) is 3.20. The van der Waals surface area contributed by atoms with Crippen molar-refractivity contribution in [3.05, 3.63) is 0 Å². The number of nitrogens with one attached hydrogen (secondary N) is 1. The number of hydrogen-bond acceptors (Lipinski definition) is 3. The fourth-order valence-corrected chi connectivity index (χ4v) is 2.15. The van der Waals surface area contributed by atoms with Gasteiger partial charge in [-0.15, -0.1) is 0 Å². The molecule has 0 saturated carbocycles. The number of methoxy groups -OCH3 is 1. The lowest BCUT2D eigenvalue weighted by Gasteiger charge is -2.28. The largest absolute Gasteiger partial charge is 0.453 e. The summed E-state index contributed by atoms with van der Waals surface area (Å²) in [7, 11) is 1.24. The van der Waals surface area contributed by atoms with Gasteiger partial charge in [-0.1, -0.05) is 13.8 Å². The molecule has 5 nitrogen and oxygen atoms in total. The minimum atomic E-state index is -0.977. The maximum atomic E-state index is 13.3. The summed E-state index contributed by atoms with van der Waals surface area (Å²) in [6.07, 6.45) is -1.27. The molecule has 1 heterocycles. The minimum Gasteiger partial charge on any atom is -0.453 e. The van der Waals surface area contributed by atoms with Gasteiger partial charge in [0.05, 0.1) is 13.7 Å². The van der Waals surface area contributed by atoms with Crippen LogP contribution in [0.15, 0.2) is 0 Å². The van der Waals surface area contributed by atoms with Crippen LogP contribution in [0.2, 0.25) is 0 Å². The molecule has 1 unspecified atom stereocenters. The number of ether oxygens (including phenoxy) is 1. The molecule has 0 spiro atoms. The Kier molecular flexibility index (Phi) is 4.93. The molecular formula is C12H21FN2O3. The molecule has 0 aromatic rings. The zero-order valence-electron chi connectivity index (χ0n) is 11.3. The normalized spacial score (nSPS) is 25.1. The number of halogens is 1. The molecule has 104 valence electrons. The molecule has 18 heavy (non-hydrogen) atoms. The van der Waals surface area contributed by atoms with E-state index in [0.717, 1.165) is 0 Å². The van der Waals surface area contributed by atoms with Crippen molar-refractivity contribution in [2.24, 2.45) is 5.92 Å². The highest BCUT2D eigenvalue weighted by Gasteiger charge is 2.37. The highest BCUT2D eigenvalue weighted by Crippen LogP contribution is 2.22. The standard InChI is InChI=1S/C12H21FN2O3/c1-7(2)10(14-12(17)18-4)11(16)15-6-9(13)5-8(15)3/h7-10H,5-6H2,1-4H3,(H,14,17)/t8?,9-,10+/m1/s1. The van der Waals surface area contributed by atoms with E-state index in [1.165, 1.54) is 12.0 Å². The summed E-state index contributed by atoms with van der Waals surface area (Å²) >= 11 is 0. The van der Waals surface area contributed by atoms with Gasteiger partial charge in [0.15, 0.2) is 0 Å². The Morgan fingerprint density at radius 2 is 2.06 bits per heavy atom. The van der Waals surface area contributed by atoms with Crippen molar-refractivity contribution in [3.8, 4) is 0 Å². The number of alkyl halides is 1. The van der Waals surface area contributed by atoms with Crippen LogP contribution in [-0.2, 0) is 9.53 Å².